The van der Waals surface area contributed by atoms with Gasteiger partial charge in [0.15, 0.2) is 17.6 Å². The molecule has 0 aliphatic heterocycles. The van der Waals surface area contributed by atoms with Gasteiger partial charge in [-0.05, 0) is 29.7 Å². The molecule has 0 aromatic heterocycles. The Morgan fingerprint density at radius 3 is 1.75 bits per heavy atom. The fraction of sp³-hybridized carbons (Fsp3) is 0.231. The molecule has 3 rings (SSSR count). The Balaban J connectivity index is 1.94. The third-order valence-corrected chi connectivity index (χ3v) is 4.80. The summed E-state index contributed by atoms with van der Waals surface area (Å²) in [6.45, 7) is 1.88. The highest BCUT2D eigenvalue weighted by atomic mass is 16.6. The van der Waals surface area contributed by atoms with Crippen LogP contribution in [0.25, 0.3) is 0 Å². The van der Waals surface area contributed by atoms with Gasteiger partial charge in [-0.25, -0.2) is 4.79 Å². The predicted molar refractivity (Wildman–Crippen MR) is 120 cm³/mol. The Morgan fingerprint density at radius 1 is 0.812 bits per heavy atom. The van der Waals surface area contributed by atoms with E-state index in [0.29, 0.717) is 6.42 Å². The van der Waals surface area contributed by atoms with Crippen molar-refractivity contribution in [3.05, 3.63) is 89.5 Å². The molecule has 3 aromatic carbocycles. The van der Waals surface area contributed by atoms with E-state index in [9.17, 15) is 9.59 Å². The van der Waals surface area contributed by atoms with Crippen molar-refractivity contribution < 1.29 is 28.5 Å². The summed E-state index contributed by atoms with van der Waals surface area (Å²) in [7, 11) is 2.86. The first-order valence-corrected chi connectivity index (χ1v) is 10.3. The monoisotopic (exact) mass is 434 g/mol. The average molecular weight is 434 g/mol. The van der Waals surface area contributed by atoms with Gasteiger partial charge in [0.1, 0.15) is 0 Å². The van der Waals surface area contributed by atoms with Gasteiger partial charge in [0.2, 0.25) is 5.75 Å². The number of carbonyl (C=O) groups excluding carboxylic acids is 2. The summed E-state index contributed by atoms with van der Waals surface area (Å²) in [5.74, 6) is -0.431. The van der Waals surface area contributed by atoms with Gasteiger partial charge < -0.3 is 18.9 Å². The quantitative estimate of drug-likeness (QED) is 0.334. The summed E-state index contributed by atoms with van der Waals surface area (Å²) in [5.41, 5.74) is 1.90. The Kier molecular flexibility index (Phi) is 7.86. The zero-order valence-electron chi connectivity index (χ0n) is 18.4. The smallest absolute Gasteiger partial charge is 0.339 e. The van der Waals surface area contributed by atoms with E-state index in [0.717, 1.165) is 11.1 Å². The molecule has 6 nitrogen and oxygen atoms in total. The van der Waals surface area contributed by atoms with Crippen LogP contribution in [0.1, 0.15) is 47.4 Å². The molecule has 32 heavy (non-hydrogen) atoms. The highest BCUT2D eigenvalue weighted by molar-refractivity contribution is 5.92. The number of hydrogen-bond donors (Lipinski definition) is 0. The van der Waals surface area contributed by atoms with Crippen molar-refractivity contribution in [1.82, 2.24) is 0 Å². The number of carbonyl (C=O) groups is 2. The van der Waals surface area contributed by atoms with Crippen LogP contribution in [0.15, 0.2) is 72.8 Å². The molecular weight excluding hydrogens is 408 g/mol. The molecule has 0 heterocycles. The Labute approximate surface area is 187 Å². The van der Waals surface area contributed by atoms with Gasteiger partial charge >= 0.3 is 11.9 Å². The summed E-state index contributed by atoms with van der Waals surface area (Å²) in [6, 6.07) is 22.0. The van der Waals surface area contributed by atoms with E-state index in [1.165, 1.54) is 26.4 Å². The maximum Gasteiger partial charge on any atom is 0.339 e. The van der Waals surface area contributed by atoms with Crippen LogP contribution in [0.3, 0.4) is 0 Å². The summed E-state index contributed by atoms with van der Waals surface area (Å²) in [4.78, 5) is 25.1. The number of hydrogen-bond acceptors (Lipinski definition) is 6. The molecule has 0 N–H and O–H groups in total. The van der Waals surface area contributed by atoms with Crippen LogP contribution >= 0.6 is 0 Å². The van der Waals surface area contributed by atoms with E-state index in [2.05, 4.69) is 0 Å². The standard InChI is InChI=1S/C26H26O6/c1-4-11-23(27)31-25-21(29-2)16-20(17-22(25)30-3)26(28)32-24(18-12-7-5-8-13-18)19-14-9-6-10-15-19/h5-10,12-17,24H,4,11H2,1-3H3. The summed E-state index contributed by atoms with van der Waals surface area (Å²) >= 11 is 0. The van der Waals surface area contributed by atoms with Gasteiger partial charge in [-0.2, -0.15) is 0 Å². The molecule has 0 amide bonds. The van der Waals surface area contributed by atoms with Crippen molar-refractivity contribution in [1.29, 1.82) is 0 Å². The van der Waals surface area contributed by atoms with Crippen LogP contribution < -0.4 is 14.2 Å². The molecule has 0 aliphatic rings. The zero-order valence-corrected chi connectivity index (χ0v) is 18.4. The second kappa shape index (κ2) is 11.0. The summed E-state index contributed by atoms with van der Waals surface area (Å²) in [5, 5.41) is 0. The van der Waals surface area contributed by atoms with E-state index in [1.54, 1.807) is 0 Å². The first-order chi connectivity index (χ1) is 15.6. The third kappa shape index (κ3) is 5.46. The molecule has 0 saturated carbocycles. The Hall–Kier alpha value is -3.80. The molecule has 0 aliphatic carbocycles. The van der Waals surface area contributed by atoms with E-state index in [1.807, 2.05) is 67.6 Å². The minimum Gasteiger partial charge on any atom is -0.493 e. The predicted octanol–water partition coefficient (Wildman–Crippen LogP) is 5.36. The fourth-order valence-electron chi connectivity index (χ4n) is 3.23. The van der Waals surface area contributed by atoms with E-state index >= 15 is 0 Å². The number of benzene rings is 3. The van der Waals surface area contributed by atoms with Crippen LogP contribution in [0.4, 0.5) is 0 Å². The molecule has 0 unspecified atom stereocenters. The maximum absolute atomic E-state index is 13.1. The van der Waals surface area contributed by atoms with Gasteiger partial charge in [-0.15, -0.1) is 0 Å². The normalized spacial score (nSPS) is 10.5. The van der Waals surface area contributed by atoms with E-state index in [-0.39, 0.29) is 29.2 Å². The second-order valence-electron chi connectivity index (χ2n) is 7.04. The lowest BCUT2D eigenvalue weighted by atomic mass is 10.0. The highest BCUT2D eigenvalue weighted by Gasteiger charge is 2.24. The minimum atomic E-state index is -0.594. The van der Waals surface area contributed by atoms with Gasteiger partial charge in [0, 0.05) is 6.42 Å². The summed E-state index contributed by atoms with van der Waals surface area (Å²) < 4.78 is 22.1. The first kappa shape index (κ1) is 22.9. The molecule has 0 radical (unpaired) electrons. The second-order valence-corrected chi connectivity index (χ2v) is 7.04. The van der Waals surface area contributed by atoms with Crippen LogP contribution in [-0.2, 0) is 9.53 Å². The van der Waals surface area contributed by atoms with Gasteiger partial charge in [-0.1, -0.05) is 67.6 Å². The molecule has 0 atom stereocenters. The zero-order chi connectivity index (χ0) is 22.9. The molecule has 0 fully saturated rings. The molecule has 0 bridgehead atoms. The number of esters is 2. The lowest BCUT2D eigenvalue weighted by Crippen LogP contribution is -2.14. The molecule has 6 heteroatoms. The lowest BCUT2D eigenvalue weighted by Gasteiger charge is -2.20. The molecule has 166 valence electrons. The SMILES string of the molecule is CCCC(=O)Oc1c(OC)cc(C(=O)OC(c2ccccc2)c2ccccc2)cc1OC. The fourth-order valence-corrected chi connectivity index (χ4v) is 3.23. The van der Waals surface area contributed by atoms with Crippen molar-refractivity contribution in [2.24, 2.45) is 0 Å². The van der Waals surface area contributed by atoms with Crippen LogP contribution in [0.2, 0.25) is 0 Å². The molecule has 0 saturated heterocycles. The molecule has 3 aromatic rings. The highest BCUT2D eigenvalue weighted by Crippen LogP contribution is 2.39. The number of methoxy groups -OCH3 is 2. The summed E-state index contributed by atoms with van der Waals surface area (Å²) in [6.07, 6.45) is 0.309. The Morgan fingerprint density at radius 2 is 1.31 bits per heavy atom. The van der Waals surface area contributed by atoms with Crippen LogP contribution in [0.5, 0.6) is 17.2 Å². The third-order valence-electron chi connectivity index (χ3n) is 4.80. The van der Waals surface area contributed by atoms with Crippen LogP contribution in [0, 0.1) is 0 Å². The largest absolute Gasteiger partial charge is 0.493 e. The maximum atomic E-state index is 13.1. The van der Waals surface area contributed by atoms with Crippen molar-refractivity contribution >= 4 is 11.9 Å². The van der Waals surface area contributed by atoms with Gasteiger partial charge in [0.25, 0.3) is 0 Å². The number of ether oxygens (including phenoxy) is 4. The minimum absolute atomic E-state index is 0.132. The number of rotatable bonds is 9. The van der Waals surface area contributed by atoms with Crippen molar-refractivity contribution in [2.75, 3.05) is 14.2 Å². The van der Waals surface area contributed by atoms with E-state index in [4.69, 9.17) is 18.9 Å². The lowest BCUT2D eigenvalue weighted by molar-refractivity contribution is -0.134. The van der Waals surface area contributed by atoms with Gasteiger partial charge in [-0.3, -0.25) is 4.79 Å². The molecule has 0 spiro atoms. The van der Waals surface area contributed by atoms with Crippen LogP contribution in [-0.4, -0.2) is 26.2 Å². The van der Waals surface area contributed by atoms with E-state index < -0.39 is 18.0 Å². The topological polar surface area (TPSA) is 71.1 Å². The first-order valence-electron chi connectivity index (χ1n) is 10.3. The molecular formula is C26H26O6. The van der Waals surface area contributed by atoms with Crippen molar-refractivity contribution in [3.63, 3.8) is 0 Å². The van der Waals surface area contributed by atoms with Crippen molar-refractivity contribution in [2.45, 2.75) is 25.9 Å². The van der Waals surface area contributed by atoms with Gasteiger partial charge in [0.05, 0.1) is 19.8 Å². The Bertz CT molecular complexity index is 982. The van der Waals surface area contributed by atoms with Crippen molar-refractivity contribution in [3.8, 4) is 17.2 Å². The average Bonchev–Trinajstić information content (AvgIpc) is 2.83.